The number of allylic oxidation sites excluding steroid dienone is 2. The predicted octanol–water partition coefficient (Wildman–Crippen LogP) is 1.65. The van der Waals surface area contributed by atoms with E-state index in [2.05, 4.69) is 26.6 Å². The maximum Gasteiger partial charge on any atom is 0.334 e. The molecule has 0 bridgehead atoms. The number of amidine groups is 1. The smallest absolute Gasteiger partial charge is 0.334 e. The fraction of sp³-hybridized carbons (Fsp3) is 0.560. The van der Waals surface area contributed by atoms with Crippen molar-refractivity contribution in [2.24, 2.45) is 10.8 Å². The van der Waals surface area contributed by atoms with E-state index in [1.54, 1.807) is 6.20 Å². The molecule has 11 nitrogen and oxygen atoms in total. The number of halogens is 1. The second kappa shape index (κ2) is 12.4. The highest BCUT2D eigenvalue weighted by Gasteiger charge is 2.32. The quantitative estimate of drug-likeness (QED) is 0.151. The van der Waals surface area contributed by atoms with Crippen LogP contribution in [0.25, 0.3) is 0 Å². The van der Waals surface area contributed by atoms with E-state index in [0.717, 1.165) is 43.3 Å². The Morgan fingerprint density at radius 1 is 1.24 bits per heavy atom. The average molecular weight is 532 g/mol. The Hall–Kier alpha value is -3.18. The van der Waals surface area contributed by atoms with Crippen LogP contribution in [0.15, 0.2) is 51.2 Å². The summed E-state index contributed by atoms with van der Waals surface area (Å²) in [5.74, 6) is 7.23. The summed E-state index contributed by atoms with van der Waals surface area (Å²) in [6.07, 6.45) is 10.4. The second-order valence-corrected chi connectivity index (χ2v) is 10.0. The van der Waals surface area contributed by atoms with Gasteiger partial charge in [-0.25, -0.2) is 15.6 Å². The first-order valence-corrected chi connectivity index (χ1v) is 13.5. The summed E-state index contributed by atoms with van der Waals surface area (Å²) in [5.41, 5.74) is 2.56. The number of fused-ring (bicyclic) bond motifs is 1. The van der Waals surface area contributed by atoms with E-state index in [9.17, 15) is 9.59 Å². The van der Waals surface area contributed by atoms with Crippen LogP contribution in [0.5, 0.6) is 0 Å². The van der Waals surface area contributed by atoms with Gasteiger partial charge in [0.25, 0.3) is 0 Å². The van der Waals surface area contributed by atoms with Gasteiger partial charge in [-0.2, -0.15) is 0 Å². The molecule has 1 unspecified atom stereocenters. The zero-order valence-corrected chi connectivity index (χ0v) is 22.3. The summed E-state index contributed by atoms with van der Waals surface area (Å²) in [6.45, 7) is 6.07. The lowest BCUT2D eigenvalue weighted by molar-refractivity contribution is -0.120. The van der Waals surface area contributed by atoms with Crippen molar-refractivity contribution in [3.8, 4) is 0 Å². The number of aliphatic imine (C=N–C) groups is 1. The molecule has 0 aromatic rings. The van der Waals surface area contributed by atoms with E-state index < -0.39 is 0 Å². The number of carbonyl (C=O) groups is 2. The van der Waals surface area contributed by atoms with Crippen molar-refractivity contribution in [2.75, 3.05) is 26.2 Å². The highest BCUT2D eigenvalue weighted by Crippen LogP contribution is 2.27. The van der Waals surface area contributed by atoms with Gasteiger partial charge in [-0.1, -0.05) is 25.4 Å². The van der Waals surface area contributed by atoms with Crippen LogP contribution in [-0.2, 0) is 4.79 Å². The minimum Gasteiger partial charge on any atom is -0.367 e. The largest absolute Gasteiger partial charge is 0.367 e. The van der Waals surface area contributed by atoms with E-state index in [1.807, 2.05) is 31.0 Å². The Bertz CT molecular complexity index is 1050. The monoisotopic (exact) mass is 531 g/mol. The van der Waals surface area contributed by atoms with Crippen LogP contribution in [0.3, 0.4) is 0 Å². The zero-order valence-electron chi connectivity index (χ0n) is 21.6. The number of hydrazine groups is 1. The van der Waals surface area contributed by atoms with Crippen molar-refractivity contribution in [1.29, 1.82) is 0 Å². The average Bonchev–Trinajstić information content (AvgIpc) is 3.31. The Labute approximate surface area is 223 Å². The van der Waals surface area contributed by atoms with Gasteiger partial charge in [-0.05, 0) is 38.2 Å². The Kier molecular flexibility index (Phi) is 8.99. The van der Waals surface area contributed by atoms with Crippen molar-refractivity contribution >= 4 is 29.4 Å². The molecule has 1 saturated heterocycles. The number of rotatable bonds is 9. The number of amides is 3. The molecule has 12 heteroatoms. The lowest BCUT2D eigenvalue weighted by Crippen LogP contribution is -2.55. The van der Waals surface area contributed by atoms with Crippen LogP contribution in [0.1, 0.15) is 52.4 Å². The third-order valence-electron chi connectivity index (χ3n) is 6.75. The normalized spacial score (nSPS) is 22.9. The molecule has 7 N–H and O–H groups in total. The molecule has 2 atom stereocenters. The van der Waals surface area contributed by atoms with Gasteiger partial charge in [0.1, 0.15) is 17.8 Å². The van der Waals surface area contributed by atoms with Crippen molar-refractivity contribution < 1.29 is 9.59 Å². The summed E-state index contributed by atoms with van der Waals surface area (Å²) in [6, 6.07) is -0.174. The Balaban J connectivity index is 1.54. The molecule has 1 fully saturated rings. The lowest BCUT2D eigenvalue weighted by atomic mass is 10.0. The van der Waals surface area contributed by atoms with Gasteiger partial charge in [-0.3, -0.25) is 9.80 Å². The molecule has 0 aliphatic carbocycles. The highest BCUT2D eigenvalue weighted by atomic mass is 35.5. The number of carbonyl (C=O) groups excluding carboxylic acids is 2. The fourth-order valence-electron chi connectivity index (χ4n) is 4.87. The first-order valence-electron chi connectivity index (χ1n) is 13.1. The molecule has 4 aliphatic heterocycles. The molecule has 0 aromatic carbocycles. The van der Waals surface area contributed by atoms with Gasteiger partial charge < -0.3 is 31.5 Å². The van der Waals surface area contributed by atoms with Crippen LogP contribution in [0.4, 0.5) is 4.79 Å². The zero-order chi connectivity index (χ0) is 26.4. The molecule has 4 aliphatic rings. The second-order valence-electron chi connectivity index (χ2n) is 9.59. The van der Waals surface area contributed by atoms with Crippen molar-refractivity contribution in [2.45, 2.75) is 64.6 Å². The standard InChI is InChI=1S/C25H38ClN9O2/c1-3-7-21(36)32-20-15-31-23(19-14-30-22-18(19)11-16(26)12-28-22)33-24(20)29-13-17-8-5-6-10-34(17)25(37)35(27)9-4-2/h11-12,14,17,22,28-30H,3-10,13,15,27H2,1-2H3,(H,31,33)(H,32,36)/t17-,22?/m1/s1. The molecule has 4 heterocycles. The Morgan fingerprint density at radius 3 is 2.84 bits per heavy atom. The molecular formula is C25H38ClN9O2. The number of nitrogens with one attached hydrogen (secondary N) is 5. The van der Waals surface area contributed by atoms with E-state index >= 15 is 0 Å². The summed E-state index contributed by atoms with van der Waals surface area (Å²) >= 11 is 6.24. The van der Waals surface area contributed by atoms with Crippen molar-refractivity contribution in [3.63, 3.8) is 0 Å². The molecule has 0 saturated carbocycles. The van der Waals surface area contributed by atoms with Gasteiger partial charge in [0.2, 0.25) is 5.91 Å². The number of nitrogens with two attached hydrogens (primary N) is 1. The maximum atomic E-state index is 13.0. The van der Waals surface area contributed by atoms with Crippen LogP contribution in [0, 0.1) is 0 Å². The molecule has 0 radical (unpaired) electrons. The van der Waals surface area contributed by atoms with Gasteiger partial charge in [0.15, 0.2) is 0 Å². The van der Waals surface area contributed by atoms with Gasteiger partial charge in [-0.15, -0.1) is 0 Å². The number of hydrogen-bond donors (Lipinski definition) is 6. The SMILES string of the molecule is CCCC(=O)NC1=C(NC[C@H]2CCCCN2C(=O)N(N)CCC)N=C(C2=CNC3NC=C(Cl)C=C23)NC1. The van der Waals surface area contributed by atoms with E-state index in [1.165, 1.54) is 5.01 Å². The third-order valence-corrected chi connectivity index (χ3v) is 6.97. The topological polar surface area (TPSA) is 139 Å². The first-order chi connectivity index (χ1) is 17.9. The molecular weight excluding hydrogens is 494 g/mol. The van der Waals surface area contributed by atoms with Crippen LogP contribution >= 0.6 is 11.6 Å². The third kappa shape index (κ3) is 6.40. The number of urea groups is 1. The van der Waals surface area contributed by atoms with Crippen LogP contribution in [-0.4, -0.2) is 66.1 Å². The molecule has 37 heavy (non-hydrogen) atoms. The van der Waals surface area contributed by atoms with Crippen molar-refractivity contribution in [1.82, 2.24) is 36.5 Å². The summed E-state index contributed by atoms with van der Waals surface area (Å²) < 4.78 is 0. The molecule has 202 valence electrons. The van der Waals surface area contributed by atoms with Crippen LogP contribution < -0.4 is 32.4 Å². The minimum absolute atomic E-state index is 0.0243. The molecule has 3 amide bonds. The molecule has 0 aromatic heterocycles. The van der Waals surface area contributed by atoms with Crippen molar-refractivity contribution in [3.05, 3.63) is 46.2 Å². The summed E-state index contributed by atoms with van der Waals surface area (Å²) in [5, 5.41) is 18.2. The van der Waals surface area contributed by atoms with Gasteiger partial charge in [0.05, 0.1) is 23.3 Å². The fourth-order valence-corrected chi connectivity index (χ4v) is 5.05. The summed E-state index contributed by atoms with van der Waals surface area (Å²) in [7, 11) is 0. The number of likely N-dealkylation sites (tertiary alicyclic amines) is 1. The number of dihydropyridines is 1. The Morgan fingerprint density at radius 2 is 2.05 bits per heavy atom. The number of piperidine rings is 1. The first kappa shape index (κ1) is 26.9. The highest BCUT2D eigenvalue weighted by molar-refractivity contribution is 6.31. The van der Waals surface area contributed by atoms with E-state index in [0.29, 0.717) is 55.0 Å². The summed E-state index contributed by atoms with van der Waals surface area (Å²) in [4.78, 5) is 32.1. The number of hydrogen-bond acceptors (Lipinski definition) is 8. The van der Waals surface area contributed by atoms with Crippen LogP contribution in [0.2, 0.25) is 0 Å². The lowest BCUT2D eigenvalue weighted by Gasteiger charge is -2.38. The minimum atomic E-state index is -0.150. The number of nitrogens with zero attached hydrogens (tertiary/aromatic N) is 3. The molecule has 4 rings (SSSR count). The van der Waals surface area contributed by atoms with Gasteiger partial charge >= 0.3 is 6.03 Å². The van der Waals surface area contributed by atoms with E-state index in [4.69, 9.17) is 22.4 Å². The molecule has 0 spiro atoms. The van der Waals surface area contributed by atoms with Gasteiger partial charge in [0, 0.05) is 49.6 Å². The maximum absolute atomic E-state index is 13.0. The predicted molar refractivity (Wildman–Crippen MR) is 145 cm³/mol. The van der Waals surface area contributed by atoms with E-state index in [-0.39, 0.29) is 24.1 Å².